The molecule has 2 aliphatic carbocycles. The van der Waals surface area contributed by atoms with E-state index in [4.69, 9.17) is 4.98 Å². The van der Waals surface area contributed by atoms with Crippen molar-refractivity contribution in [2.45, 2.75) is 51.9 Å². The highest BCUT2D eigenvalue weighted by Crippen LogP contribution is 2.54. The molecule has 3 N–H and O–H groups in total. The number of nitrogens with one attached hydrogen (secondary N) is 3. The zero-order chi connectivity index (χ0) is 24.6. The standard InChI is InChI=1S/C29H32N6O/c1-17-25(18(2)33-32-17)20-12-14-23(15-13-20)30-29(36)27(26(21-8-9-21)22-10-11-22)28-31-24(34-35-28)16-19-6-4-3-5-7-19/h3-7,12-15,21-22,26-27H,8-11,16H2,1-2H3,(H,30,36)(H,32,33)(H,31,34,35). The van der Waals surface area contributed by atoms with E-state index in [1.54, 1.807) is 0 Å². The summed E-state index contributed by atoms with van der Waals surface area (Å²) in [5.74, 6) is 2.58. The van der Waals surface area contributed by atoms with Crippen LogP contribution < -0.4 is 5.32 Å². The van der Waals surface area contributed by atoms with Gasteiger partial charge >= 0.3 is 0 Å². The third kappa shape index (κ3) is 4.70. The molecule has 0 bridgehead atoms. The van der Waals surface area contributed by atoms with E-state index < -0.39 is 0 Å². The number of aromatic amines is 2. The van der Waals surface area contributed by atoms with Gasteiger partial charge in [0, 0.05) is 23.4 Å². The van der Waals surface area contributed by atoms with Crippen molar-refractivity contribution in [2.75, 3.05) is 5.32 Å². The lowest BCUT2D eigenvalue weighted by Crippen LogP contribution is -2.31. The van der Waals surface area contributed by atoms with Crippen molar-refractivity contribution < 1.29 is 4.79 Å². The molecular weight excluding hydrogens is 448 g/mol. The predicted molar refractivity (Wildman–Crippen MR) is 139 cm³/mol. The topological polar surface area (TPSA) is 99.4 Å². The fraction of sp³-hybridized carbons (Fsp3) is 0.379. The van der Waals surface area contributed by atoms with Crippen molar-refractivity contribution in [3.63, 3.8) is 0 Å². The first-order chi connectivity index (χ1) is 17.6. The second kappa shape index (κ2) is 9.37. The van der Waals surface area contributed by atoms with Crippen LogP contribution >= 0.6 is 0 Å². The van der Waals surface area contributed by atoms with Crippen LogP contribution in [-0.2, 0) is 11.2 Å². The highest BCUT2D eigenvalue weighted by Gasteiger charge is 2.49. The summed E-state index contributed by atoms with van der Waals surface area (Å²) >= 11 is 0. The number of nitrogens with zero attached hydrogens (tertiary/aromatic N) is 3. The Morgan fingerprint density at radius 3 is 2.25 bits per heavy atom. The maximum absolute atomic E-state index is 13.8. The van der Waals surface area contributed by atoms with Crippen molar-refractivity contribution in [1.29, 1.82) is 0 Å². The minimum absolute atomic E-state index is 0.00696. The number of aromatic nitrogens is 5. The molecule has 1 atom stereocenters. The van der Waals surface area contributed by atoms with Crippen molar-refractivity contribution >= 4 is 11.6 Å². The summed E-state index contributed by atoms with van der Waals surface area (Å²) in [5.41, 5.74) is 6.17. The van der Waals surface area contributed by atoms with Crippen LogP contribution in [0, 0.1) is 31.6 Å². The molecule has 2 aromatic heterocycles. The van der Waals surface area contributed by atoms with Crippen LogP contribution in [0.4, 0.5) is 5.69 Å². The summed E-state index contributed by atoms with van der Waals surface area (Å²) in [6.07, 6.45) is 5.47. The first-order valence-corrected chi connectivity index (χ1v) is 12.9. The van der Waals surface area contributed by atoms with Gasteiger partial charge < -0.3 is 5.32 Å². The summed E-state index contributed by atoms with van der Waals surface area (Å²) in [6, 6.07) is 18.3. The third-order valence-corrected chi connectivity index (χ3v) is 7.61. The van der Waals surface area contributed by atoms with E-state index >= 15 is 0 Å². The Bertz CT molecular complexity index is 1320. The van der Waals surface area contributed by atoms with E-state index in [0.29, 0.717) is 30.0 Å². The van der Waals surface area contributed by atoms with Gasteiger partial charge in [-0.15, -0.1) is 0 Å². The molecule has 0 aliphatic heterocycles. The predicted octanol–water partition coefficient (Wildman–Crippen LogP) is 5.56. The van der Waals surface area contributed by atoms with Gasteiger partial charge in [0.25, 0.3) is 0 Å². The number of benzene rings is 2. The van der Waals surface area contributed by atoms with E-state index in [1.807, 2.05) is 56.3 Å². The van der Waals surface area contributed by atoms with Crippen LogP contribution in [0.3, 0.4) is 0 Å². The fourth-order valence-electron chi connectivity index (χ4n) is 5.59. The zero-order valence-corrected chi connectivity index (χ0v) is 20.8. The van der Waals surface area contributed by atoms with Crippen molar-refractivity contribution in [2.24, 2.45) is 17.8 Å². The monoisotopic (exact) mass is 480 g/mol. The number of aryl methyl sites for hydroxylation is 2. The van der Waals surface area contributed by atoms with Gasteiger partial charge in [0.2, 0.25) is 5.91 Å². The number of anilines is 1. The van der Waals surface area contributed by atoms with Crippen LogP contribution in [0.25, 0.3) is 11.1 Å². The summed E-state index contributed by atoms with van der Waals surface area (Å²) < 4.78 is 0. The maximum Gasteiger partial charge on any atom is 0.235 e. The van der Waals surface area contributed by atoms with Gasteiger partial charge in [-0.3, -0.25) is 15.0 Å². The molecular formula is C29H32N6O. The first kappa shape index (κ1) is 22.7. The molecule has 2 saturated carbocycles. The molecule has 2 aromatic carbocycles. The lowest BCUT2D eigenvalue weighted by atomic mass is 9.82. The molecule has 0 saturated heterocycles. The number of carbonyl (C=O) groups excluding carboxylic acids is 1. The molecule has 184 valence electrons. The van der Waals surface area contributed by atoms with Gasteiger partial charge in [-0.25, -0.2) is 4.98 Å². The third-order valence-electron chi connectivity index (χ3n) is 7.61. The fourth-order valence-corrected chi connectivity index (χ4v) is 5.59. The zero-order valence-electron chi connectivity index (χ0n) is 20.8. The van der Waals surface area contributed by atoms with E-state index in [9.17, 15) is 4.79 Å². The van der Waals surface area contributed by atoms with E-state index in [1.165, 1.54) is 31.2 Å². The Kier molecular flexibility index (Phi) is 5.91. The molecule has 0 radical (unpaired) electrons. The summed E-state index contributed by atoms with van der Waals surface area (Å²) in [6.45, 7) is 4.02. The summed E-state index contributed by atoms with van der Waals surface area (Å²) in [4.78, 5) is 18.6. The summed E-state index contributed by atoms with van der Waals surface area (Å²) in [5, 5.41) is 18.2. The Morgan fingerprint density at radius 2 is 1.64 bits per heavy atom. The Hall–Kier alpha value is -3.74. The number of rotatable bonds is 9. The first-order valence-electron chi connectivity index (χ1n) is 12.9. The molecule has 1 amide bonds. The molecule has 6 rings (SSSR count). The van der Waals surface area contributed by atoms with Crippen LogP contribution in [-0.4, -0.2) is 31.3 Å². The maximum atomic E-state index is 13.8. The van der Waals surface area contributed by atoms with Crippen molar-refractivity contribution in [3.05, 3.63) is 83.2 Å². The minimum Gasteiger partial charge on any atom is -0.325 e. The molecule has 0 spiro atoms. The number of carbonyl (C=O) groups is 1. The molecule has 36 heavy (non-hydrogen) atoms. The lowest BCUT2D eigenvalue weighted by Gasteiger charge is -2.24. The van der Waals surface area contributed by atoms with Crippen molar-refractivity contribution in [1.82, 2.24) is 25.4 Å². The molecule has 2 aliphatic rings. The van der Waals surface area contributed by atoms with Crippen LogP contribution in [0.2, 0.25) is 0 Å². The Morgan fingerprint density at radius 1 is 0.944 bits per heavy atom. The second-order valence-electron chi connectivity index (χ2n) is 10.4. The quantitative estimate of drug-likeness (QED) is 0.292. The molecule has 1 unspecified atom stereocenters. The highest BCUT2D eigenvalue weighted by molar-refractivity contribution is 5.96. The van der Waals surface area contributed by atoms with Crippen LogP contribution in [0.5, 0.6) is 0 Å². The smallest absolute Gasteiger partial charge is 0.235 e. The molecule has 2 fully saturated rings. The number of hydrogen-bond donors (Lipinski definition) is 3. The Labute approximate surface area is 211 Å². The average Bonchev–Trinajstić information content (AvgIpc) is 3.82. The highest BCUT2D eigenvalue weighted by atomic mass is 16.2. The van der Waals surface area contributed by atoms with Gasteiger partial charge in [0.05, 0.1) is 5.69 Å². The van der Waals surface area contributed by atoms with Gasteiger partial charge in [-0.05, 0) is 80.5 Å². The van der Waals surface area contributed by atoms with Crippen LogP contribution in [0.1, 0.15) is 60.2 Å². The van der Waals surface area contributed by atoms with E-state index in [0.717, 1.165) is 34.0 Å². The largest absolute Gasteiger partial charge is 0.325 e. The van der Waals surface area contributed by atoms with Gasteiger partial charge in [0.1, 0.15) is 11.7 Å². The molecule has 2 heterocycles. The van der Waals surface area contributed by atoms with E-state index in [2.05, 4.69) is 37.8 Å². The second-order valence-corrected chi connectivity index (χ2v) is 10.4. The SMILES string of the molecule is Cc1n[nH]c(C)c1-c1ccc(NC(=O)C(c2n[nH]c(Cc3ccccc3)n2)C(C2CC2)C2CC2)cc1. The number of H-pyrrole nitrogens is 2. The molecule has 7 nitrogen and oxygen atoms in total. The van der Waals surface area contributed by atoms with Crippen molar-refractivity contribution in [3.8, 4) is 11.1 Å². The Balaban J connectivity index is 1.24. The van der Waals surface area contributed by atoms with Crippen LogP contribution in [0.15, 0.2) is 54.6 Å². The van der Waals surface area contributed by atoms with Gasteiger partial charge in [-0.2, -0.15) is 10.2 Å². The van der Waals surface area contributed by atoms with E-state index in [-0.39, 0.29) is 11.8 Å². The molecule has 4 aromatic rings. The van der Waals surface area contributed by atoms with Gasteiger partial charge in [0.15, 0.2) is 5.82 Å². The lowest BCUT2D eigenvalue weighted by molar-refractivity contribution is -0.119. The summed E-state index contributed by atoms with van der Waals surface area (Å²) in [7, 11) is 0. The number of amides is 1. The molecule has 7 heteroatoms. The number of hydrogen-bond acceptors (Lipinski definition) is 4. The minimum atomic E-state index is -0.344. The normalized spacial score (nSPS) is 16.3. The van der Waals surface area contributed by atoms with Gasteiger partial charge in [-0.1, -0.05) is 42.5 Å². The average molecular weight is 481 g/mol.